The SMILES string of the molecule is CC(C)(C)c1ccc([I+]c2ccc(C(C)(C)C)cc2)cc1.[O-]O. The Balaban J connectivity index is 0.00000127. The minimum absolute atomic E-state index is 0.0703. The van der Waals surface area contributed by atoms with Gasteiger partial charge < -0.3 is 10.5 Å². The van der Waals surface area contributed by atoms with Crippen molar-refractivity contribution in [3.63, 3.8) is 0 Å². The van der Waals surface area contributed by atoms with Gasteiger partial charge in [-0.3, -0.25) is 0 Å². The summed E-state index contributed by atoms with van der Waals surface area (Å²) < 4.78 is 2.98. The number of hydrogen-bond donors (Lipinski definition) is 1. The Kier molecular flexibility index (Phi) is 7.24. The fourth-order valence-electron chi connectivity index (χ4n) is 2.15. The van der Waals surface area contributed by atoms with Gasteiger partial charge in [-0.15, -0.1) is 0 Å². The zero-order valence-corrected chi connectivity index (χ0v) is 17.0. The lowest BCUT2D eigenvalue weighted by atomic mass is 9.87. The number of halogens is 1. The fourth-order valence-corrected chi connectivity index (χ4v) is 4.31. The zero-order valence-electron chi connectivity index (χ0n) is 14.9. The molecule has 0 saturated carbocycles. The molecule has 126 valence electrons. The third kappa shape index (κ3) is 6.24. The standard InChI is InChI=1S/C20H26I.H2O2/c1-19(2,3)15-7-11-17(12-8-15)21-18-13-9-16(10-14-18)20(4,5)6;1-2/h7-14H,1-6H3;1-2H/q+1;/p-1. The van der Waals surface area contributed by atoms with E-state index in [1.165, 1.54) is 18.3 Å². The minimum Gasteiger partial charge on any atom is -0.727 e. The van der Waals surface area contributed by atoms with E-state index in [0.717, 1.165) is 0 Å². The Bertz CT molecular complexity index is 532. The Morgan fingerprint density at radius 2 is 0.870 bits per heavy atom. The molecule has 0 aromatic heterocycles. The van der Waals surface area contributed by atoms with Crippen LogP contribution in [-0.4, -0.2) is 5.26 Å². The normalized spacial score (nSPS) is 11.7. The van der Waals surface area contributed by atoms with Crippen molar-refractivity contribution in [2.45, 2.75) is 52.4 Å². The lowest BCUT2D eigenvalue weighted by Gasteiger charge is -2.18. The summed E-state index contributed by atoms with van der Waals surface area (Å²) in [6, 6.07) is 18.4. The summed E-state index contributed by atoms with van der Waals surface area (Å²) in [5.41, 5.74) is 3.31. The van der Waals surface area contributed by atoms with Crippen molar-refractivity contribution in [2.24, 2.45) is 0 Å². The Morgan fingerprint density at radius 1 is 0.609 bits per heavy atom. The van der Waals surface area contributed by atoms with Gasteiger partial charge in [-0.05, 0) is 46.2 Å². The molecule has 1 N–H and O–H groups in total. The molecule has 0 aliphatic heterocycles. The highest BCUT2D eigenvalue weighted by Gasteiger charge is 2.20. The van der Waals surface area contributed by atoms with Crippen molar-refractivity contribution in [3.8, 4) is 0 Å². The van der Waals surface area contributed by atoms with Crippen LogP contribution in [0.5, 0.6) is 0 Å². The monoisotopic (exact) mass is 426 g/mol. The van der Waals surface area contributed by atoms with E-state index < -0.39 is 0 Å². The summed E-state index contributed by atoms with van der Waals surface area (Å²) in [5.74, 6) is 0. The summed E-state index contributed by atoms with van der Waals surface area (Å²) in [5, 5.41) is 13.0. The van der Waals surface area contributed by atoms with Gasteiger partial charge >= 0.3 is 21.2 Å². The Labute approximate surface area is 150 Å². The van der Waals surface area contributed by atoms with Gasteiger partial charge in [-0.1, -0.05) is 65.8 Å². The topological polar surface area (TPSA) is 43.3 Å². The van der Waals surface area contributed by atoms with Crippen LogP contribution in [0.25, 0.3) is 0 Å². The maximum atomic E-state index is 7.25. The molecule has 2 rings (SSSR count). The highest BCUT2D eigenvalue weighted by atomic mass is 127. The van der Waals surface area contributed by atoms with Gasteiger partial charge in [0.1, 0.15) is 0 Å². The van der Waals surface area contributed by atoms with Crippen LogP contribution in [0.1, 0.15) is 52.7 Å². The molecule has 0 amide bonds. The maximum Gasteiger partial charge on any atom is 0.357 e. The summed E-state index contributed by atoms with van der Waals surface area (Å²) in [6.45, 7) is 13.6. The van der Waals surface area contributed by atoms with Gasteiger partial charge in [-0.25, -0.2) is 0 Å². The molecule has 0 aliphatic rings. The van der Waals surface area contributed by atoms with Crippen molar-refractivity contribution in [1.82, 2.24) is 0 Å². The van der Waals surface area contributed by atoms with E-state index in [4.69, 9.17) is 10.5 Å². The molecule has 0 spiro atoms. The first kappa shape index (κ1) is 20.1. The van der Waals surface area contributed by atoms with E-state index in [2.05, 4.69) is 90.1 Å². The predicted molar refractivity (Wildman–Crippen MR) is 90.3 cm³/mol. The van der Waals surface area contributed by atoms with E-state index in [-0.39, 0.29) is 32.0 Å². The molecule has 2 nitrogen and oxygen atoms in total. The smallest absolute Gasteiger partial charge is 0.357 e. The van der Waals surface area contributed by atoms with Crippen molar-refractivity contribution in [3.05, 3.63) is 66.8 Å². The van der Waals surface area contributed by atoms with E-state index in [1.54, 1.807) is 0 Å². The van der Waals surface area contributed by atoms with Crippen LogP contribution >= 0.6 is 0 Å². The molecule has 0 fully saturated rings. The number of benzene rings is 2. The van der Waals surface area contributed by atoms with Crippen LogP contribution in [0.4, 0.5) is 0 Å². The van der Waals surface area contributed by atoms with Crippen LogP contribution < -0.4 is 26.5 Å². The zero-order chi connectivity index (χ0) is 17.7. The Morgan fingerprint density at radius 3 is 1.09 bits per heavy atom. The van der Waals surface area contributed by atoms with E-state index in [0.29, 0.717) is 0 Å². The summed E-state index contributed by atoms with van der Waals surface area (Å²) in [6.07, 6.45) is 0. The average Bonchev–Trinajstić information content (AvgIpc) is 2.48. The molecule has 0 unspecified atom stereocenters. The highest BCUT2D eigenvalue weighted by Crippen LogP contribution is 2.21. The second kappa shape index (κ2) is 8.27. The first-order valence-electron chi connectivity index (χ1n) is 7.70. The third-order valence-corrected chi connectivity index (χ3v) is 6.32. The van der Waals surface area contributed by atoms with Crippen LogP contribution in [0.2, 0.25) is 0 Å². The second-order valence-electron chi connectivity index (χ2n) is 7.61. The van der Waals surface area contributed by atoms with Crippen molar-refractivity contribution >= 4 is 0 Å². The maximum absolute atomic E-state index is 7.25. The van der Waals surface area contributed by atoms with Crippen molar-refractivity contribution in [2.75, 3.05) is 0 Å². The average molecular weight is 426 g/mol. The molecule has 3 heteroatoms. The molecular weight excluding hydrogens is 399 g/mol. The lowest BCUT2D eigenvalue weighted by Crippen LogP contribution is -3.61. The van der Waals surface area contributed by atoms with Gasteiger partial charge in [0.15, 0.2) is 7.14 Å². The quantitative estimate of drug-likeness (QED) is 0.446. The van der Waals surface area contributed by atoms with Crippen LogP contribution in [-0.2, 0) is 10.8 Å². The molecule has 0 saturated heterocycles. The molecule has 0 radical (unpaired) electrons. The van der Waals surface area contributed by atoms with Crippen molar-refractivity contribution in [1.29, 1.82) is 0 Å². The largest absolute Gasteiger partial charge is 0.727 e. The fraction of sp³-hybridized carbons (Fsp3) is 0.400. The first-order valence-corrected chi connectivity index (χ1v) is 9.86. The lowest BCUT2D eigenvalue weighted by molar-refractivity contribution is -0.670. The van der Waals surface area contributed by atoms with Gasteiger partial charge in [0, 0.05) is 0 Å². The summed E-state index contributed by atoms with van der Waals surface area (Å²) in [7, 11) is 0. The van der Waals surface area contributed by atoms with Gasteiger partial charge in [0.2, 0.25) is 0 Å². The van der Waals surface area contributed by atoms with E-state index in [1.807, 2.05) is 0 Å². The van der Waals surface area contributed by atoms with Crippen LogP contribution in [0, 0.1) is 7.14 Å². The summed E-state index contributed by atoms with van der Waals surface area (Å²) in [4.78, 5) is 0. The third-order valence-electron chi connectivity index (χ3n) is 3.64. The second-order valence-corrected chi connectivity index (χ2v) is 10.6. The number of rotatable bonds is 2. The molecule has 0 atom stereocenters. The molecule has 2 aromatic carbocycles. The highest BCUT2D eigenvalue weighted by molar-refractivity contribution is 5.23. The van der Waals surface area contributed by atoms with Crippen LogP contribution in [0.3, 0.4) is 0 Å². The number of hydrogen-bond acceptors (Lipinski definition) is 2. The van der Waals surface area contributed by atoms with E-state index in [9.17, 15) is 0 Å². The van der Waals surface area contributed by atoms with Gasteiger partial charge in [0.25, 0.3) is 0 Å². The first-order chi connectivity index (χ1) is 10.7. The molecule has 0 bridgehead atoms. The Hall–Kier alpha value is -0.910. The van der Waals surface area contributed by atoms with Crippen LogP contribution in [0.15, 0.2) is 48.5 Å². The minimum atomic E-state index is -0.0703. The van der Waals surface area contributed by atoms with Gasteiger partial charge in [0.05, 0.1) is 0 Å². The van der Waals surface area contributed by atoms with E-state index >= 15 is 0 Å². The molecular formula is C20H27IO2. The molecule has 0 aliphatic carbocycles. The van der Waals surface area contributed by atoms with Gasteiger partial charge in [-0.2, -0.15) is 0 Å². The summed E-state index contributed by atoms with van der Waals surface area (Å²) >= 11 is -0.0703. The predicted octanol–water partition coefficient (Wildman–Crippen LogP) is 1.23. The molecule has 0 heterocycles. The molecule has 23 heavy (non-hydrogen) atoms. The molecule has 2 aromatic rings. The van der Waals surface area contributed by atoms with Crippen molar-refractivity contribution < 1.29 is 31.7 Å².